The quantitative estimate of drug-likeness (QED) is 0.826. The molecule has 2 amide bonds. The summed E-state index contributed by atoms with van der Waals surface area (Å²) in [4.78, 5) is 14.1. The highest BCUT2D eigenvalue weighted by Crippen LogP contribution is 2.22. The number of rotatable bonds is 5. The number of nitrogens with two attached hydrogens (primary N) is 1. The number of benzene rings is 2. The number of hydrogen-bond acceptors (Lipinski definition) is 2. The lowest BCUT2D eigenvalue weighted by Crippen LogP contribution is -2.40. The summed E-state index contributed by atoms with van der Waals surface area (Å²) >= 11 is 0. The van der Waals surface area contributed by atoms with Crippen LogP contribution in [-0.4, -0.2) is 12.6 Å². The highest BCUT2D eigenvalue weighted by molar-refractivity contribution is 5.95. The Morgan fingerprint density at radius 1 is 1.10 bits per heavy atom. The van der Waals surface area contributed by atoms with E-state index in [9.17, 15) is 4.79 Å². The summed E-state index contributed by atoms with van der Waals surface area (Å²) in [5, 5.41) is 2.94. The number of urea groups is 1. The number of para-hydroxylation sites is 2. The maximum absolute atomic E-state index is 12.4. The van der Waals surface area contributed by atoms with Crippen molar-refractivity contribution in [2.24, 2.45) is 0 Å². The molecule has 4 heteroatoms. The molecule has 0 radical (unpaired) electrons. The van der Waals surface area contributed by atoms with Crippen molar-refractivity contribution >= 4 is 17.4 Å². The van der Waals surface area contributed by atoms with Gasteiger partial charge in [-0.3, -0.25) is 4.90 Å². The zero-order valence-corrected chi connectivity index (χ0v) is 12.3. The van der Waals surface area contributed by atoms with Crippen LogP contribution in [0.15, 0.2) is 54.6 Å². The minimum absolute atomic E-state index is 0.126. The molecule has 2 aromatic rings. The van der Waals surface area contributed by atoms with E-state index in [-0.39, 0.29) is 6.03 Å². The lowest BCUT2D eigenvalue weighted by Gasteiger charge is -2.24. The molecule has 0 aliphatic heterocycles. The van der Waals surface area contributed by atoms with E-state index in [1.807, 2.05) is 61.5 Å². The van der Waals surface area contributed by atoms with Gasteiger partial charge in [-0.05, 0) is 24.1 Å². The monoisotopic (exact) mass is 283 g/mol. The van der Waals surface area contributed by atoms with E-state index in [2.05, 4.69) is 5.32 Å². The molecule has 0 saturated heterocycles. The fourth-order valence-electron chi connectivity index (χ4n) is 2.16. The molecule has 0 heterocycles. The first kappa shape index (κ1) is 14.9. The van der Waals surface area contributed by atoms with Gasteiger partial charge in [0, 0.05) is 13.1 Å². The van der Waals surface area contributed by atoms with Crippen molar-refractivity contribution in [2.75, 3.05) is 17.2 Å². The Balaban J connectivity index is 2.08. The van der Waals surface area contributed by atoms with Gasteiger partial charge in [0.25, 0.3) is 0 Å². The predicted octanol–water partition coefficient (Wildman–Crippen LogP) is 3.40. The molecule has 2 rings (SSSR count). The first-order chi connectivity index (χ1) is 10.2. The summed E-state index contributed by atoms with van der Waals surface area (Å²) < 4.78 is 0. The Kier molecular flexibility index (Phi) is 5.21. The van der Waals surface area contributed by atoms with Crippen molar-refractivity contribution in [1.29, 1.82) is 0 Å². The molecule has 0 aliphatic carbocycles. The molecule has 0 saturated carbocycles. The van der Waals surface area contributed by atoms with Crippen LogP contribution in [0.3, 0.4) is 0 Å². The third-order valence-electron chi connectivity index (χ3n) is 3.21. The molecule has 0 aromatic heterocycles. The van der Waals surface area contributed by atoms with Crippen LogP contribution >= 0.6 is 0 Å². The number of nitrogens with one attached hydrogen (secondary N) is 1. The number of amides is 2. The van der Waals surface area contributed by atoms with Crippen LogP contribution in [0.5, 0.6) is 0 Å². The summed E-state index contributed by atoms with van der Waals surface area (Å²) in [6, 6.07) is 17.2. The number of carbonyl (C=O) groups excluding carboxylic acids is 1. The molecule has 0 fully saturated rings. The van der Waals surface area contributed by atoms with Gasteiger partial charge in [0.15, 0.2) is 0 Å². The molecule has 0 atom stereocenters. The second-order valence-electron chi connectivity index (χ2n) is 4.85. The average molecular weight is 283 g/mol. The van der Waals surface area contributed by atoms with Crippen molar-refractivity contribution in [3.05, 3.63) is 60.2 Å². The second-order valence-corrected chi connectivity index (χ2v) is 4.85. The van der Waals surface area contributed by atoms with E-state index < -0.39 is 0 Å². The van der Waals surface area contributed by atoms with E-state index in [4.69, 9.17) is 5.73 Å². The van der Waals surface area contributed by atoms with Gasteiger partial charge in [-0.2, -0.15) is 0 Å². The van der Waals surface area contributed by atoms with Crippen LogP contribution in [0.2, 0.25) is 0 Å². The van der Waals surface area contributed by atoms with Crippen molar-refractivity contribution in [3.8, 4) is 0 Å². The lowest BCUT2D eigenvalue weighted by atomic mass is 10.2. The topological polar surface area (TPSA) is 58.4 Å². The molecule has 0 unspecified atom stereocenters. The maximum Gasteiger partial charge on any atom is 0.322 e. The summed E-state index contributed by atoms with van der Waals surface area (Å²) in [6.07, 6.45) is 0.868. The number of hydrogen-bond donors (Lipinski definition) is 2. The fourth-order valence-corrected chi connectivity index (χ4v) is 2.16. The highest BCUT2D eigenvalue weighted by atomic mass is 16.2. The number of nitrogen functional groups attached to an aromatic ring is 1. The average Bonchev–Trinajstić information content (AvgIpc) is 2.52. The first-order valence-corrected chi connectivity index (χ1v) is 7.16. The van der Waals surface area contributed by atoms with E-state index in [1.165, 1.54) is 0 Å². The minimum Gasteiger partial charge on any atom is -0.397 e. The van der Waals surface area contributed by atoms with Gasteiger partial charge in [-0.15, -0.1) is 0 Å². The van der Waals surface area contributed by atoms with Crippen LogP contribution in [0, 0.1) is 0 Å². The summed E-state index contributed by atoms with van der Waals surface area (Å²) in [5.41, 5.74) is 8.41. The van der Waals surface area contributed by atoms with E-state index in [0.717, 1.165) is 17.7 Å². The van der Waals surface area contributed by atoms with Gasteiger partial charge in [0.1, 0.15) is 0 Å². The normalized spacial score (nSPS) is 10.1. The van der Waals surface area contributed by atoms with Gasteiger partial charge in [0.2, 0.25) is 0 Å². The van der Waals surface area contributed by atoms with Crippen LogP contribution in [0.25, 0.3) is 0 Å². The largest absolute Gasteiger partial charge is 0.397 e. The molecule has 0 spiro atoms. The Labute approximate surface area is 125 Å². The molecule has 21 heavy (non-hydrogen) atoms. The third-order valence-corrected chi connectivity index (χ3v) is 3.21. The molecule has 4 nitrogen and oxygen atoms in total. The van der Waals surface area contributed by atoms with Crippen molar-refractivity contribution in [1.82, 2.24) is 5.32 Å². The van der Waals surface area contributed by atoms with Crippen molar-refractivity contribution in [2.45, 2.75) is 19.9 Å². The summed E-state index contributed by atoms with van der Waals surface area (Å²) in [6.45, 7) is 3.18. The Morgan fingerprint density at radius 3 is 2.43 bits per heavy atom. The van der Waals surface area contributed by atoms with Gasteiger partial charge in [0.05, 0.1) is 11.4 Å². The maximum atomic E-state index is 12.4. The molecule has 0 aliphatic rings. The van der Waals surface area contributed by atoms with Crippen molar-refractivity contribution in [3.63, 3.8) is 0 Å². The smallest absolute Gasteiger partial charge is 0.322 e. The van der Waals surface area contributed by atoms with Gasteiger partial charge >= 0.3 is 6.03 Å². The van der Waals surface area contributed by atoms with Gasteiger partial charge < -0.3 is 11.1 Å². The standard InChI is InChI=1S/C17H21N3O/c1-2-12-20(16-11-7-6-10-15(16)18)17(21)19-13-14-8-4-3-5-9-14/h3-11H,2,12-13,18H2,1H3,(H,19,21). The van der Waals surface area contributed by atoms with E-state index in [1.54, 1.807) is 4.90 Å². The Morgan fingerprint density at radius 2 is 1.76 bits per heavy atom. The third kappa shape index (κ3) is 3.99. The SMILES string of the molecule is CCCN(C(=O)NCc1ccccc1)c1ccccc1N. The second kappa shape index (κ2) is 7.33. The number of nitrogens with zero attached hydrogens (tertiary/aromatic N) is 1. The highest BCUT2D eigenvalue weighted by Gasteiger charge is 2.16. The molecule has 2 aromatic carbocycles. The lowest BCUT2D eigenvalue weighted by molar-refractivity contribution is 0.246. The van der Waals surface area contributed by atoms with Crippen LogP contribution in [0.4, 0.5) is 16.2 Å². The molecular weight excluding hydrogens is 262 g/mol. The van der Waals surface area contributed by atoms with Crippen LogP contribution in [-0.2, 0) is 6.54 Å². The summed E-state index contributed by atoms with van der Waals surface area (Å²) in [5.74, 6) is 0. The molecule has 110 valence electrons. The predicted molar refractivity (Wildman–Crippen MR) is 87.2 cm³/mol. The summed E-state index contributed by atoms with van der Waals surface area (Å²) in [7, 11) is 0. The number of anilines is 2. The molecule has 0 bridgehead atoms. The zero-order valence-electron chi connectivity index (χ0n) is 12.3. The zero-order chi connectivity index (χ0) is 15.1. The first-order valence-electron chi connectivity index (χ1n) is 7.16. The fraction of sp³-hybridized carbons (Fsp3) is 0.235. The molecular formula is C17H21N3O. The number of carbonyl (C=O) groups is 1. The van der Waals surface area contributed by atoms with Gasteiger partial charge in [-0.1, -0.05) is 49.4 Å². The minimum atomic E-state index is -0.126. The Bertz CT molecular complexity index is 584. The van der Waals surface area contributed by atoms with E-state index >= 15 is 0 Å². The van der Waals surface area contributed by atoms with E-state index in [0.29, 0.717) is 18.8 Å². The molecule has 3 N–H and O–H groups in total. The van der Waals surface area contributed by atoms with Crippen LogP contribution in [0.1, 0.15) is 18.9 Å². The Hall–Kier alpha value is -2.49. The van der Waals surface area contributed by atoms with Gasteiger partial charge in [-0.25, -0.2) is 4.79 Å². The van der Waals surface area contributed by atoms with Crippen molar-refractivity contribution < 1.29 is 4.79 Å². The van der Waals surface area contributed by atoms with Crippen LogP contribution < -0.4 is 16.0 Å².